The minimum atomic E-state index is -0.513. The summed E-state index contributed by atoms with van der Waals surface area (Å²) in [6.45, 7) is 1.89. The van der Waals surface area contributed by atoms with Crippen molar-refractivity contribution in [2.45, 2.75) is 12.8 Å². The number of aromatic nitrogens is 2. The molecule has 1 fully saturated rings. The first-order valence-corrected chi connectivity index (χ1v) is 5.26. The standard InChI is InChI=1S/C9H12ClN3O2/c10-7-6(3-5-1-2-11-4-5)12-9(15)13-8(7)14/h5,11H,1-4H2,(H2,12,13,14,15). The molecule has 1 saturated heterocycles. The molecule has 0 bridgehead atoms. The van der Waals surface area contributed by atoms with Crippen LogP contribution in [0.25, 0.3) is 0 Å². The van der Waals surface area contributed by atoms with Gasteiger partial charge in [0.25, 0.3) is 5.56 Å². The predicted octanol–water partition coefficient (Wildman–Crippen LogP) is -0.131. The fraction of sp³-hybridized carbons (Fsp3) is 0.556. The Balaban J connectivity index is 2.27. The summed E-state index contributed by atoms with van der Waals surface area (Å²) >= 11 is 5.81. The molecule has 1 aliphatic heterocycles. The van der Waals surface area contributed by atoms with Crippen molar-refractivity contribution in [3.63, 3.8) is 0 Å². The Hall–Kier alpha value is -1.07. The first kappa shape index (κ1) is 10.4. The maximum Gasteiger partial charge on any atom is 0.325 e. The Kier molecular flexibility index (Phi) is 2.93. The molecule has 0 saturated carbocycles. The van der Waals surface area contributed by atoms with Crippen LogP contribution in [0.1, 0.15) is 12.1 Å². The molecule has 1 aromatic heterocycles. The molecule has 1 aliphatic rings. The van der Waals surface area contributed by atoms with E-state index in [4.69, 9.17) is 11.6 Å². The molecule has 0 spiro atoms. The number of H-pyrrole nitrogens is 2. The van der Waals surface area contributed by atoms with E-state index in [0.29, 0.717) is 18.0 Å². The Bertz CT molecular complexity index is 459. The van der Waals surface area contributed by atoms with Crippen molar-refractivity contribution in [2.75, 3.05) is 13.1 Å². The summed E-state index contributed by atoms with van der Waals surface area (Å²) in [5.74, 6) is 0.444. The molecule has 0 amide bonds. The molecule has 1 aromatic rings. The van der Waals surface area contributed by atoms with E-state index in [2.05, 4.69) is 15.3 Å². The van der Waals surface area contributed by atoms with Gasteiger partial charge in [-0.25, -0.2) is 4.79 Å². The van der Waals surface area contributed by atoms with E-state index in [1.807, 2.05) is 0 Å². The lowest BCUT2D eigenvalue weighted by molar-refractivity contribution is 0.569. The molecule has 2 rings (SSSR count). The van der Waals surface area contributed by atoms with Gasteiger partial charge >= 0.3 is 5.69 Å². The second-order valence-electron chi connectivity index (χ2n) is 3.76. The quantitative estimate of drug-likeness (QED) is 0.661. The van der Waals surface area contributed by atoms with Crippen molar-refractivity contribution < 1.29 is 0 Å². The van der Waals surface area contributed by atoms with Gasteiger partial charge in [-0.3, -0.25) is 9.78 Å². The van der Waals surface area contributed by atoms with Crippen molar-refractivity contribution in [1.29, 1.82) is 0 Å². The summed E-state index contributed by atoms with van der Waals surface area (Å²) < 4.78 is 0. The molecule has 0 radical (unpaired) electrons. The summed E-state index contributed by atoms with van der Waals surface area (Å²) in [6, 6.07) is 0. The zero-order chi connectivity index (χ0) is 10.8. The molecular weight excluding hydrogens is 218 g/mol. The van der Waals surface area contributed by atoms with Gasteiger partial charge in [0.2, 0.25) is 0 Å². The molecule has 1 unspecified atom stereocenters. The number of aromatic amines is 2. The van der Waals surface area contributed by atoms with Crippen molar-refractivity contribution in [3.8, 4) is 0 Å². The Morgan fingerprint density at radius 2 is 2.13 bits per heavy atom. The highest BCUT2D eigenvalue weighted by Crippen LogP contribution is 2.16. The molecule has 1 atom stereocenters. The molecule has 0 aromatic carbocycles. The average molecular weight is 230 g/mol. The van der Waals surface area contributed by atoms with Crippen molar-refractivity contribution >= 4 is 11.6 Å². The van der Waals surface area contributed by atoms with E-state index in [9.17, 15) is 9.59 Å². The van der Waals surface area contributed by atoms with Gasteiger partial charge < -0.3 is 10.3 Å². The molecule has 15 heavy (non-hydrogen) atoms. The lowest BCUT2D eigenvalue weighted by Crippen LogP contribution is -2.26. The Morgan fingerprint density at radius 3 is 2.80 bits per heavy atom. The molecule has 82 valence electrons. The second-order valence-corrected chi connectivity index (χ2v) is 4.14. The van der Waals surface area contributed by atoms with E-state index in [1.54, 1.807) is 0 Å². The highest BCUT2D eigenvalue weighted by atomic mass is 35.5. The number of nitrogens with one attached hydrogen (secondary N) is 3. The highest BCUT2D eigenvalue weighted by molar-refractivity contribution is 6.30. The largest absolute Gasteiger partial charge is 0.325 e. The third-order valence-corrected chi connectivity index (χ3v) is 3.01. The monoisotopic (exact) mass is 229 g/mol. The highest BCUT2D eigenvalue weighted by Gasteiger charge is 2.17. The summed E-state index contributed by atoms with van der Waals surface area (Å²) in [5.41, 5.74) is -0.467. The Morgan fingerprint density at radius 1 is 1.33 bits per heavy atom. The van der Waals surface area contributed by atoms with Crippen LogP contribution in [0.3, 0.4) is 0 Å². The summed E-state index contributed by atoms with van der Waals surface area (Å²) in [5, 5.41) is 3.32. The minimum absolute atomic E-state index is 0.0986. The van der Waals surface area contributed by atoms with Gasteiger partial charge in [-0.2, -0.15) is 0 Å². The average Bonchev–Trinajstić information content (AvgIpc) is 2.66. The number of rotatable bonds is 2. The third kappa shape index (κ3) is 2.30. The second kappa shape index (κ2) is 4.20. The van der Waals surface area contributed by atoms with Crippen LogP contribution in [0.5, 0.6) is 0 Å². The maximum atomic E-state index is 11.2. The molecule has 5 nitrogen and oxygen atoms in total. The topological polar surface area (TPSA) is 77.8 Å². The van der Waals surface area contributed by atoms with Crippen LogP contribution < -0.4 is 16.6 Å². The SMILES string of the molecule is O=c1[nH]c(CC2CCNC2)c(Cl)c(=O)[nH]1. The van der Waals surface area contributed by atoms with Crippen LogP contribution in [0, 0.1) is 5.92 Å². The third-order valence-electron chi connectivity index (χ3n) is 2.61. The van der Waals surface area contributed by atoms with E-state index in [1.165, 1.54) is 0 Å². The van der Waals surface area contributed by atoms with Crippen molar-refractivity contribution in [3.05, 3.63) is 31.6 Å². The number of halogens is 1. The summed E-state index contributed by atoms with van der Waals surface area (Å²) in [4.78, 5) is 26.9. The van der Waals surface area contributed by atoms with Gasteiger partial charge in [-0.05, 0) is 31.8 Å². The van der Waals surface area contributed by atoms with E-state index in [-0.39, 0.29) is 5.02 Å². The lowest BCUT2D eigenvalue weighted by atomic mass is 10.0. The number of hydrogen-bond acceptors (Lipinski definition) is 3. The normalized spacial score (nSPS) is 20.7. The minimum Gasteiger partial charge on any atom is -0.316 e. The molecular formula is C9H12ClN3O2. The van der Waals surface area contributed by atoms with Gasteiger partial charge in [0.05, 0.1) is 0 Å². The maximum absolute atomic E-state index is 11.2. The van der Waals surface area contributed by atoms with Crippen LogP contribution in [0.2, 0.25) is 5.02 Å². The van der Waals surface area contributed by atoms with E-state index < -0.39 is 11.2 Å². The smallest absolute Gasteiger partial charge is 0.316 e. The van der Waals surface area contributed by atoms with Gasteiger partial charge in [0.1, 0.15) is 5.02 Å². The van der Waals surface area contributed by atoms with Crippen LogP contribution in [0.4, 0.5) is 0 Å². The summed E-state index contributed by atoms with van der Waals surface area (Å²) in [7, 11) is 0. The Labute approximate surface area is 90.9 Å². The first-order valence-electron chi connectivity index (χ1n) is 4.88. The predicted molar refractivity (Wildman–Crippen MR) is 57.4 cm³/mol. The van der Waals surface area contributed by atoms with Gasteiger partial charge in [-0.15, -0.1) is 0 Å². The summed E-state index contributed by atoms with van der Waals surface area (Å²) in [6.07, 6.45) is 1.69. The van der Waals surface area contributed by atoms with E-state index >= 15 is 0 Å². The lowest BCUT2D eigenvalue weighted by Gasteiger charge is -2.08. The zero-order valence-corrected chi connectivity index (χ0v) is 8.86. The van der Waals surface area contributed by atoms with Crippen LogP contribution in [0.15, 0.2) is 9.59 Å². The first-order chi connectivity index (χ1) is 7.16. The number of hydrogen-bond donors (Lipinski definition) is 3. The van der Waals surface area contributed by atoms with E-state index in [0.717, 1.165) is 19.5 Å². The van der Waals surface area contributed by atoms with Crippen molar-refractivity contribution in [1.82, 2.24) is 15.3 Å². The fourth-order valence-corrected chi connectivity index (χ4v) is 2.01. The fourth-order valence-electron chi connectivity index (χ4n) is 1.84. The van der Waals surface area contributed by atoms with Gasteiger partial charge in [-0.1, -0.05) is 11.6 Å². The van der Waals surface area contributed by atoms with Gasteiger partial charge in [0, 0.05) is 5.69 Å². The van der Waals surface area contributed by atoms with Crippen LogP contribution in [-0.4, -0.2) is 23.1 Å². The molecule has 3 N–H and O–H groups in total. The molecule has 0 aliphatic carbocycles. The zero-order valence-electron chi connectivity index (χ0n) is 8.10. The van der Waals surface area contributed by atoms with Crippen molar-refractivity contribution in [2.24, 2.45) is 5.92 Å². The van der Waals surface area contributed by atoms with Crippen LogP contribution >= 0.6 is 11.6 Å². The molecule has 6 heteroatoms. The van der Waals surface area contributed by atoms with Crippen LogP contribution in [-0.2, 0) is 6.42 Å². The molecule has 2 heterocycles. The van der Waals surface area contributed by atoms with Gasteiger partial charge in [0.15, 0.2) is 0 Å².